The molecule has 0 aliphatic carbocycles. The quantitative estimate of drug-likeness (QED) is 0.423. The molecular weight excluding hydrogens is 466 g/mol. The summed E-state index contributed by atoms with van der Waals surface area (Å²) >= 11 is 6.05. The number of hydrogen-bond donors (Lipinski definition) is 3. The van der Waals surface area contributed by atoms with Crippen molar-refractivity contribution >= 4 is 39.3 Å². The molecule has 0 aliphatic heterocycles. The van der Waals surface area contributed by atoms with Crippen molar-refractivity contribution in [3.05, 3.63) is 83.0 Å². The maximum Gasteiger partial charge on any atom is 0.305 e. The molecule has 1 amide bonds. The number of carbonyl (C=O) groups is 2. The van der Waals surface area contributed by atoms with E-state index in [9.17, 15) is 23.1 Å². The predicted octanol–water partition coefficient (Wildman–Crippen LogP) is 3.59. The smallest absolute Gasteiger partial charge is 0.305 e. The van der Waals surface area contributed by atoms with Gasteiger partial charge in [0.2, 0.25) is 10.0 Å². The van der Waals surface area contributed by atoms with Gasteiger partial charge in [0.25, 0.3) is 5.91 Å². The molecule has 0 saturated carbocycles. The molecule has 1 aromatic heterocycles. The molecule has 10 heteroatoms. The Morgan fingerprint density at radius 2 is 1.79 bits per heavy atom. The van der Waals surface area contributed by atoms with Crippen molar-refractivity contribution < 1.29 is 23.1 Å². The molecular formula is C23H22ClN3O5S. The fourth-order valence-corrected chi connectivity index (χ4v) is 3.91. The van der Waals surface area contributed by atoms with Gasteiger partial charge in [0.05, 0.1) is 18.2 Å². The zero-order valence-corrected chi connectivity index (χ0v) is 19.2. The lowest BCUT2D eigenvalue weighted by atomic mass is 9.99. The third kappa shape index (κ3) is 7.58. The van der Waals surface area contributed by atoms with E-state index in [2.05, 4.69) is 15.0 Å². The Labute approximate surface area is 196 Å². The van der Waals surface area contributed by atoms with Gasteiger partial charge in [0, 0.05) is 17.3 Å². The van der Waals surface area contributed by atoms with Crippen LogP contribution >= 0.6 is 11.6 Å². The van der Waals surface area contributed by atoms with Crippen LogP contribution in [0.15, 0.2) is 66.9 Å². The molecule has 33 heavy (non-hydrogen) atoms. The van der Waals surface area contributed by atoms with Crippen molar-refractivity contribution in [3.63, 3.8) is 0 Å². The Morgan fingerprint density at radius 3 is 2.36 bits per heavy atom. The van der Waals surface area contributed by atoms with Gasteiger partial charge in [-0.15, -0.1) is 0 Å². The second kappa shape index (κ2) is 10.5. The van der Waals surface area contributed by atoms with Crippen molar-refractivity contribution in [1.29, 1.82) is 0 Å². The molecule has 0 saturated heterocycles. The SMILES string of the molecule is CS(=O)(=O)Nc1ccc(C(=O)NC(CC(=O)O)Cc2ccc(-c3cccc(Cl)c3)cc2)cn1. The Hall–Kier alpha value is -3.43. The summed E-state index contributed by atoms with van der Waals surface area (Å²) in [6, 6.07) is 17.2. The predicted molar refractivity (Wildman–Crippen MR) is 127 cm³/mol. The first-order chi connectivity index (χ1) is 15.6. The normalized spacial score (nSPS) is 12.1. The lowest BCUT2D eigenvalue weighted by molar-refractivity contribution is -0.137. The summed E-state index contributed by atoms with van der Waals surface area (Å²) < 4.78 is 24.7. The number of rotatable bonds is 9. The molecule has 0 fully saturated rings. The Balaban J connectivity index is 1.69. The van der Waals surface area contributed by atoms with E-state index in [0.29, 0.717) is 11.4 Å². The largest absolute Gasteiger partial charge is 0.481 e. The van der Waals surface area contributed by atoms with Gasteiger partial charge < -0.3 is 10.4 Å². The number of anilines is 1. The zero-order chi connectivity index (χ0) is 24.0. The number of amides is 1. The maximum atomic E-state index is 12.6. The lowest BCUT2D eigenvalue weighted by Crippen LogP contribution is -2.38. The summed E-state index contributed by atoms with van der Waals surface area (Å²) in [7, 11) is -3.49. The summed E-state index contributed by atoms with van der Waals surface area (Å²) in [6.07, 6.45) is 2.27. The topological polar surface area (TPSA) is 125 Å². The van der Waals surface area contributed by atoms with Gasteiger partial charge in [-0.25, -0.2) is 13.4 Å². The van der Waals surface area contributed by atoms with Crippen LogP contribution in [0.2, 0.25) is 5.02 Å². The Kier molecular flexibility index (Phi) is 7.67. The molecule has 1 atom stereocenters. The van der Waals surface area contributed by atoms with Crippen molar-refractivity contribution in [2.24, 2.45) is 0 Å². The number of pyridine rings is 1. The molecule has 3 N–H and O–H groups in total. The number of hydrogen-bond acceptors (Lipinski definition) is 5. The number of nitrogens with zero attached hydrogens (tertiary/aromatic N) is 1. The molecule has 0 aliphatic rings. The van der Waals surface area contributed by atoms with Gasteiger partial charge in [0.15, 0.2) is 0 Å². The van der Waals surface area contributed by atoms with Crippen molar-refractivity contribution in [2.45, 2.75) is 18.9 Å². The van der Waals surface area contributed by atoms with Crippen LogP contribution in [0.1, 0.15) is 22.3 Å². The fraction of sp³-hybridized carbons (Fsp3) is 0.174. The van der Waals surface area contributed by atoms with E-state index in [1.54, 1.807) is 6.07 Å². The van der Waals surface area contributed by atoms with Crippen LogP contribution in [0.4, 0.5) is 5.82 Å². The molecule has 0 spiro atoms. The van der Waals surface area contributed by atoms with E-state index in [-0.39, 0.29) is 17.8 Å². The van der Waals surface area contributed by atoms with Gasteiger partial charge >= 0.3 is 5.97 Å². The van der Waals surface area contributed by atoms with Crippen LogP contribution in [0.25, 0.3) is 11.1 Å². The lowest BCUT2D eigenvalue weighted by Gasteiger charge is -2.17. The summed E-state index contributed by atoms with van der Waals surface area (Å²) in [5.41, 5.74) is 2.97. The van der Waals surface area contributed by atoms with Gasteiger partial charge in [0.1, 0.15) is 5.82 Å². The molecule has 0 radical (unpaired) electrons. The monoisotopic (exact) mass is 487 g/mol. The number of benzene rings is 2. The molecule has 1 heterocycles. The molecule has 172 valence electrons. The van der Waals surface area contributed by atoms with E-state index in [4.69, 9.17) is 11.6 Å². The minimum Gasteiger partial charge on any atom is -0.481 e. The Bertz CT molecular complexity index is 1250. The highest BCUT2D eigenvalue weighted by molar-refractivity contribution is 7.92. The molecule has 8 nitrogen and oxygen atoms in total. The molecule has 1 unspecified atom stereocenters. The number of carboxylic acid groups (broad SMARTS) is 1. The number of sulfonamides is 1. The average Bonchev–Trinajstić information content (AvgIpc) is 2.73. The van der Waals surface area contributed by atoms with Gasteiger partial charge in [-0.3, -0.25) is 14.3 Å². The highest BCUT2D eigenvalue weighted by Crippen LogP contribution is 2.23. The zero-order valence-electron chi connectivity index (χ0n) is 17.7. The number of halogens is 1. The number of carbonyl (C=O) groups excluding carboxylic acids is 1. The summed E-state index contributed by atoms with van der Waals surface area (Å²) in [5.74, 6) is -1.46. The standard InChI is InChI=1S/C23H22ClN3O5S/c1-33(31,32)27-21-10-9-18(14-25-21)23(30)26-20(13-22(28)29)11-15-5-7-16(8-6-15)17-3-2-4-19(24)12-17/h2-10,12,14,20H,11,13H2,1H3,(H,25,27)(H,26,30)(H,28,29). The number of aliphatic carboxylic acids is 1. The van der Waals surface area contributed by atoms with E-state index in [1.807, 2.05) is 42.5 Å². The number of nitrogens with one attached hydrogen (secondary N) is 2. The third-order valence-electron chi connectivity index (χ3n) is 4.67. The first-order valence-corrected chi connectivity index (χ1v) is 12.2. The number of carboxylic acids is 1. The average molecular weight is 488 g/mol. The van der Waals surface area contributed by atoms with Crippen molar-refractivity contribution in [2.75, 3.05) is 11.0 Å². The first kappa shape index (κ1) is 24.2. The molecule has 3 aromatic rings. The molecule has 3 rings (SSSR count). The first-order valence-electron chi connectivity index (χ1n) is 9.90. The van der Waals surface area contributed by atoms with Crippen LogP contribution in [0, 0.1) is 0 Å². The molecule has 0 bridgehead atoms. The van der Waals surface area contributed by atoms with Gasteiger partial charge in [-0.05, 0) is 47.4 Å². The van der Waals surface area contributed by atoms with E-state index in [1.165, 1.54) is 18.3 Å². The maximum absolute atomic E-state index is 12.6. The number of aromatic nitrogens is 1. The Morgan fingerprint density at radius 1 is 1.06 bits per heavy atom. The van der Waals surface area contributed by atoms with Crippen LogP contribution in [-0.2, 0) is 21.2 Å². The summed E-state index contributed by atoms with van der Waals surface area (Å²) in [5, 5.41) is 12.6. The van der Waals surface area contributed by atoms with Crippen LogP contribution in [-0.4, -0.2) is 42.7 Å². The van der Waals surface area contributed by atoms with Gasteiger partial charge in [-0.1, -0.05) is 48.0 Å². The third-order valence-corrected chi connectivity index (χ3v) is 5.48. The fourth-order valence-electron chi connectivity index (χ4n) is 3.22. The van der Waals surface area contributed by atoms with Crippen LogP contribution in [0.3, 0.4) is 0 Å². The minimum absolute atomic E-state index is 0.0796. The highest BCUT2D eigenvalue weighted by Gasteiger charge is 2.18. The van der Waals surface area contributed by atoms with Gasteiger partial charge in [-0.2, -0.15) is 0 Å². The highest BCUT2D eigenvalue weighted by atomic mass is 35.5. The summed E-state index contributed by atoms with van der Waals surface area (Å²) in [4.78, 5) is 27.8. The van der Waals surface area contributed by atoms with Crippen LogP contribution in [0.5, 0.6) is 0 Å². The summed E-state index contributed by atoms with van der Waals surface area (Å²) in [6.45, 7) is 0. The van der Waals surface area contributed by atoms with Crippen LogP contribution < -0.4 is 10.0 Å². The second-order valence-electron chi connectivity index (χ2n) is 7.49. The minimum atomic E-state index is -3.49. The van der Waals surface area contributed by atoms with Crippen molar-refractivity contribution in [1.82, 2.24) is 10.3 Å². The van der Waals surface area contributed by atoms with E-state index in [0.717, 1.165) is 22.9 Å². The van der Waals surface area contributed by atoms with Crippen molar-refractivity contribution in [3.8, 4) is 11.1 Å². The van der Waals surface area contributed by atoms with E-state index < -0.39 is 27.9 Å². The van der Waals surface area contributed by atoms with E-state index >= 15 is 0 Å². The second-order valence-corrected chi connectivity index (χ2v) is 9.67. The molecule has 2 aromatic carbocycles.